The molecule has 33 heavy (non-hydrogen) atoms. The lowest BCUT2D eigenvalue weighted by Crippen LogP contribution is -2.58. The Morgan fingerprint density at radius 1 is 0.970 bits per heavy atom. The molecule has 168 valence electrons. The van der Waals surface area contributed by atoms with Gasteiger partial charge in [-0.1, -0.05) is 48.5 Å². The predicted molar refractivity (Wildman–Crippen MR) is 132 cm³/mol. The van der Waals surface area contributed by atoms with E-state index in [-0.39, 0.29) is 5.82 Å². The molecule has 0 atom stereocenters. The van der Waals surface area contributed by atoms with Crippen molar-refractivity contribution in [2.24, 2.45) is 0 Å². The van der Waals surface area contributed by atoms with Gasteiger partial charge in [-0.05, 0) is 42.9 Å². The number of hydrogen-bond donors (Lipinski definition) is 1. The van der Waals surface area contributed by atoms with Crippen molar-refractivity contribution in [2.75, 3.05) is 45.2 Å². The van der Waals surface area contributed by atoms with Gasteiger partial charge in [-0.2, -0.15) is 0 Å². The Morgan fingerprint density at radius 2 is 1.76 bits per heavy atom. The summed E-state index contributed by atoms with van der Waals surface area (Å²) in [6.07, 6.45) is 0. The zero-order valence-electron chi connectivity index (χ0n) is 19.3. The fourth-order valence-electron chi connectivity index (χ4n) is 4.94. The minimum atomic E-state index is -0.259. The van der Waals surface area contributed by atoms with Crippen molar-refractivity contribution in [1.29, 1.82) is 0 Å². The molecule has 0 aliphatic carbocycles. The third kappa shape index (κ3) is 3.36. The minimum Gasteiger partial charge on any atom is -0.338 e. The lowest BCUT2D eigenvalue weighted by atomic mass is 9.92. The van der Waals surface area contributed by atoms with Gasteiger partial charge in [0.1, 0.15) is 5.52 Å². The van der Waals surface area contributed by atoms with Crippen LogP contribution in [-0.4, -0.2) is 61.2 Å². The Balaban J connectivity index is 1.53. The van der Waals surface area contributed by atoms with Crippen molar-refractivity contribution in [3.8, 4) is 11.1 Å². The zero-order chi connectivity index (χ0) is 22.7. The Hall–Kier alpha value is -3.09. The molecule has 6 rings (SSSR count). The molecule has 0 bridgehead atoms. The fraction of sp³-hybridized carbons (Fsp3) is 0.333. The molecule has 0 unspecified atom stereocenters. The van der Waals surface area contributed by atoms with Crippen LogP contribution >= 0.6 is 0 Å². The molecule has 0 amide bonds. The summed E-state index contributed by atoms with van der Waals surface area (Å²) in [6.45, 7) is 5.53. The second kappa shape index (κ2) is 7.75. The van der Waals surface area contributed by atoms with Crippen LogP contribution in [0, 0.1) is 12.7 Å². The quantitative estimate of drug-likeness (QED) is 0.511. The molecular formula is C27H28FN5. The molecule has 2 fully saturated rings. The average molecular weight is 442 g/mol. The number of fused-ring (bicyclic) bond motifs is 2. The number of anilines is 1. The van der Waals surface area contributed by atoms with E-state index in [9.17, 15) is 0 Å². The predicted octanol–water partition coefficient (Wildman–Crippen LogP) is 4.33. The van der Waals surface area contributed by atoms with Gasteiger partial charge < -0.3 is 15.1 Å². The third-order valence-electron chi connectivity index (χ3n) is 7.16. The van der Waals surface area contributed by atoms with E-state index < -0.39 is 0 Å². The van der Waals surface area contributed by atoms with E-state index in [0.717, 1.165) is 59.2 Å². The van der Waals surface area contributed by atoms with E-state index in [1.54, 1.807) is 0 Å². The fourth-order valence-corrected chi connectivity index (χ4v) is 4.94. The molecule has 2 aliphatic heterocycles. The zero-order valence-corrected chi connectivity index (χ0v) is 19.3. The maximum Gasteiger partial charge on any atom is 0.226 e. The minimum absolute atomic E-state index is 0.259. The third-order valence-corrected chi connectivity index (χ3v) is 7.16. The van der Waals surface area contributed by atoms with Crippen LogP contribution in [0.25, 0.3) is 32.8 Å². The molecule has 2 saturated heterocycles. The number of aryl methyl sites for hydroxylation is 1. The summed E-state index contributed by atoms with van der Waals surface area (Å²) >= 11 is 0. The monoisotopic (exact) mass is 441 g/mol. The summed E-state index contributed by atoms with van der Waals surface area (Å²) < 4.78 is 16.2. The van der Waals surface area contributed by atoms with E-state index in [1.165, 1.54) is 0 Å². The average Bonchev–Trinajstić information content (AvgIpc) is 2.71. The Kier molecular flexibility index (Phi) is 4.82. The smallest absolute Gasteiger partial charge is 0.226 e. The van der Waals surface area contributed by atoms with Crippen LogP contribution in [0.4, 0.5) is 10.3 Å². The Labute approximate surface area is 193 Å². The second-order valence-corrected chi connectivity index (χ2v) is 9.64. The number of halogens is 1. The van der Waals surface area contributed by atoms with Gasteiger partial charge in [0.25, 0.3) is 0 Å². The van der Waals surface area contributed by atoms with Crippen molar-refractivity contribution >= 4 is 27.6 Å². The van der Waals surface area contributed by atoms with Crippen molar-refractivity contribution in [3.63, 3.8) is 0 Å². The molecule has 3 aromatic carbocycles. The van der Waals surface area contributed by atoms with Crippen molar-refractivity contribution < 1.29 is 4.39 Å². The number of rotatable bonds is 4. The van der Waals surface area contributed by atoms with E-state index in [4.69, 9.17) is 9.97 Å². The molecular weight excluding hydrogens is 413 g/mol. The highest BCUT2D eigenvalue weighted by Gasteiger charge is 2.32. The molecule has 3 heterocycles. The second-order valence-electron chi connectivity index (χ2n) is 9.64. The summed E-state index contributed by atoms with van der Waals surface area (Å²) in [7, 11) is 4.18. The molecule has 2 aliphatic rings. The lowest BCUT2D eigenvalue weighted by molar-refractivity contribution is 0.245. The van der Waals surface area contributed by atoms with Crippen LogP contribution in [0.5, 0.6) is 0 Å². The SMILES string of the molecule is Cc1cc(-c2ccc3c(C4CNC4)nc(N4CC(N(C)C)C4)nc3c2F)c2ccccc2c1. The maximum atomic E-state index is 16.2. The number of aromatic nitrogens is 2. The van der Waals surface area contributed by atoms with Gasteiger partial charge >= 0.3 is 0 Å². The first kappa shape index (κ1) is 20.5. The highest BCUT2D eigenvalue weighted by Crippen LogP contribution is 2.37. The maximum absolute atomic E-state index is 16.2. The summed E-state index contributed by atoms with van der Waals surface area (Å²) in [4.78, 5) is 14.1. The molecule has 0 spiro atoms. The molecule has 5 nitrogen and oxygen atoms in total. The van der Waals surface area contributed by atoms with Gasteiger partial charge in [-0.3, -0.25) is 0 Å². The van der Waals surface area contributed by atoms with Crippen LogP contribution in [0.15, 0.2) is 48.5 Å². The first-order valence-electron chi connectivity index (χ1n) is 11.6. The highest BCUT2D eigenvalue weighted by molar-refractivity contribution is 5.99. The van der Waals surface area contributed by atoms with Gasteiger partial charge in [0.05, 0.1) is 5.69 Å². The van der Waals surface area contributed by atoms with Crippen LogP contribution in [0.2, 0.25) is 0 Å². The Morgan fingerprint density at radius 3 is 2.48 bits per heavy atom. The van der Waals surface area contributed by atoms with Crippen LogP contribution < -0.4 is 10.2 Å². The summed E-state index contributed by atoms with van der Waals surface area (Å²) in [6, 6.07) is 16.8. The van der Waals surface area contributed by atoms with Gasteiger partial charge in [0.2, 0.25) is 5.95 Å². The number of benzene rings is 3. The van der Waals surface area contributed by atoms with Gasteiger partial charge in [-0.15, -0.1) is 0 Å². The van der Waals surface area contributed by atoms with E-state index in [1.807, 2.05) is 24.3 Å². The normalized spacial score (nSPS) is 17.1. The van der Waals surface area contributed by atoms with E-state index >= 15 is 4.39 Å². The van der Waals surface area contributed by atoms with E-state index in [2.05, 4.69) is 60.4 Å². The molecule has 1 aromatic heterocycles. The van der Waals surface area contributed by atoms with Crippen LogP contribution in [0.1, 0.15) is 17.2 Å². The van der Waals surface area contributed by atoms with Crippen molar-refractivity contribution in [3.05, 3.63) is 65.6 Å². The first-order valence-corrected chi connectivity index (χ1v) is 11.6. The van der Waals surface area contributed by atoms with Crippen LogP contribution in [-0.2, 0) is 0 Å². The van der Waals surface area contributed by atoms with Gasteiger partial charge in [-0.25, -0.2) is 14.4 Å². The Bertz CT molecular complexity index is 1370. The molecule has 0 saturated carbocycles. The summed E-state index contributed by atoms with van der Waals surface area (Å²) in [5.74, 6) is 0.683. The topological polar surface area (TPSA) is 44.3 Å². The first-order chi connectivity index (χ1) is 16.0. The molecule has 6 heteroatoms. The molecule has 1 N–H and O–H groups in total. The summed E-state index contributed by atoms with van der Waals surface area (Å²) in [5.41, 5.74) is 4.01. The number of nitrogens with zero attached hydrogens (tertiary/aromatic N) is 4. The largest absolute Gasteiger partial charge is 0.338 e. The number of likely N-dealkylation sites (N-methyl/N-ethyl adjacent to an activating group) is 1. The standard InChI is InChI=1S/C27H28FN5/c1-16-10-17-6-4-5-7-20(17)23(11-16)21-8-9-22-25(18-12-29-13-18)30-27(31-26(22)24(21)28)33-14-19(15-33)32(2)3/h4-11,18-19,29H,12-15H2,1-3H3. The van der Waals surface area contributed by atoms with Gasteiger partial charge in [0.15, 0.2) is 5.82 Å². The lowest BCUT2D eigenvalue weighted by Gasteiger charge is -2.43. The summed E-state index contributed by atoms with van der Waals surface area (Å²) in [5, 5.41) is 6.32. The molecule has 4 aromatic rings. The molecule has 0 radical (unpaired) electrons. The van der Waals surface area contributed by atoms with Crippen LogP contribution in [0.3, 0.4) is 0 Å². The van der Waals surface area contributed by atoms with Crippen molar-refractivity contribution in [2.45, 2.75) is 18.9 Å². The van der Waals surface area contributed by atoms with E-state index in [0.29, 0.717) is 29.0 Å². The van der Waals surface area contributed by atoms with Crippen molar-refractivity contribution in [1.82, 2.24) is 20.2 Å². The number of hydrogen-bond acceptors (Lipinski definition) is 5. The highest BCUT2D eigenvalue weighted by atomic mass is 19.1. The number of nitrogens with one attached hydrogen (secondary N) is 1. The van der Waals surface area contributed by atoms with Gasteiger partial charge in [0, 0.05) is 49.1 Å².